The first-order valence-corrected chi connectivity index (χ1v) is 11.4. The molecule has 1 unspecified atom stereocenters. The summed E-state index contributed by atoms with van der Waals surface area (Å²) in [7, 11) is 1.86. The molecule has 0 bridgehead atoms. The van der Waals surface area contributed by atoms with Crippen LogP contribution in [0.3, 0.4) is 0 Å². The largest absolute Gasteiger partial charge is 0.480 e. The van der Waals surface area contributed by atoms with Crippen LogP contribution in [0.15, 0.2) is 72.8 Å². The molecule has 4 aromatic rings. The summed E-state index contributed by atoms with van der Waals surface area (Å²) in [5.74, 6) is -1.22. The number of alkyl carbamates (subject to hydrolysis) is 1. The monoisotopic (exact) mass is 474 g/mol. The third kappa shape index (κ3) is 4.01. The Hall–Kier alpha value is -3.77. The minimum atomic E-state index is -1.13. The summed E-state index contributed by atoms with van der Waals surface area (Å²) in [6.07, 6.45) is -0.640. The van der Waals surface area contributed by atoms with Gasteiger partial charge in [0, 0.05) is 41.0 Å². The van der Waals surface area contributed by atoms with E-state index in [2.05, 4.69) is 17.4 Å². The molecule has 0 saturated carbocycles. The lowest BCUT2D eigenvalue weighted by Crippen LogP contribution is -2.43. The summed E-state index contributed by atoms with van der Waals surface area (Å²) in [6.45, 7) is 0.124. The predicted molar refractivity (Wildman–Crippen MR) is 131 cm³/mol. The van der Waals surface area contributed by atoms with Gasteiger partial charge in [-0.1, -0.05) is 60.1 Å². The van der Waals surface area contributed by atoms with Gasteiger partial charge in [0.2, 0.25) is 0 Å². The summed E-state index contributed by atoms with van der Waals surface area (Å²) in [6, 6.07) is 22.4. The average molecular weight is 475 g/mol. The number of hydrogen-bond donors (Lipinski definition) is 2. The summed E-state index contributed by atoms with van der Waals surface area (Å²) < 4.78 is 7.43. The Balaban J connectivity index is 1.29. The smallest absolute Gasteiger partial charge is 0.407 e. The number of hydrogen-bond acceptors (Lipinski definition) is 3. The minimum absolute atomic E-state index is 0.0932. The number of aryl methyl sites for hydroxylation is 1. The van der Waals surface area contributed by atoms with Crippen LogP contribution in [-0.2, 0) is 23.0 Å². The fourth-order valence-electron chi connectivity index (χ4n) is 4.76. The molecule has 0 saturated heterocycles. The van der Waals surface area contributed by atoms with E-state index < -0.39 is 18.1 Å². The van der Waals surface area contributed by atoms with Gasteiger partial charge in [-0.05, 0) is 46.5 Å². The summed E-state index contributed by atoms with van der Waals surface area (Å²) in [5, 5.41) is 13.8. The number of amides is 1. The zero-order valence-corrected chi connectivity index (χ0v) is 19.3. The Morgan fingerprint density at radius 1 is 1.03 bits per heavy atom. The number of rotatable bonds is 6. The van der Waals surface area contributed by atoms with Gasteiger partial charge < -0.3 is 19.7 Å². The molecule has 172 valence electrons. The van der Waals surface area contributed by atoms with Crippen molar-refractivity contribution in [2.45, 2.75) is 18.4 Å². The van der Waals surface area contributed by atoms with E-state index in [0.717, 1.165) is 38.9 Å². The van der Waals surface area contributed by atoms with E-state index in [4.69, 9.17) is 16.3 Å². The highest BCUT2D eigenvalue weighted by Crippen LogP contribution is 2.44. The van der Waals surface area contributed by atoms with Crippen molar-refractivity contribution in [2.24, 2.45) is 7.05 Å². The molecule has 5 rings (SSSR count). The van der Waals surface area contributed by atoms with Gasteiger partial charge >= 0.3 is 12.1 Å². The second kappa shape index (κ2) is 8.88. The van der Waals surface area contributed by atoms with Crippen molar-refractivity contribution in [3.63, 3.8) is 0 Å². The minimum Gasteiger partial charge on any atom is -0.480 e. The van der Waals surface area contributed by atoms with Gasteiger partial charge in [0.05, 0.1) is 0 Å². The van der Waals surface area contributed by atoms with Crippen LogP contribution in [0.5, 0.6) is 0 Å². The summed E-state index contributed by atoms with van der Waals surface area (Å²) >= 11 is 6.08. The lowest BCUT2D eigenvalue weighted by Gasteiger charge is -2.18. The Labute approximate surface area is 201 Å². The van der Waals surface area contributed by atoms with Crippen LogP contribution in [0, 0.1) is 0 Å². The molecule has 0 spiro atoms. The van der Waals surface area contributed by atoms with Crippen molar-refractivity contribution in [1.29, 1.82) is 0 Å². The van der Waals surface area contributed by atoms with Crippen molar-refractivity contribution < 1.29 is 19.4 Å². The second-order valence-corrected chi connectivity index (χ2v) is 8.90. The Morgan fingerprint density at radius 3 is 2.32 bits per heavy atom. The molecule has 2 N–H and O–H groups in total. The van der Waals surface area contributed by atoms with Gasteiger partial charge in [-0.25, -0.2) is 9.59 Å². The Morgan fingerprint density at radius 2 is 1.68 bits per heavy atom. The van der Waals surface area contributed by atoms with Crippen molar-refractivity contribution in [2.75, 3.05) is 6.61 Å². The quantitative estimate of drug-likeness (QED) is 0.394. The van der Waals surface area contributed by atoms with E-state index >= 15 is 0 Å². The van der Waals surface area contributed by atoms with Gasteiger partial charge in [-0.2, -0.15) is 0 Å². The highest BCUT2D eigenvalue weighted by Gasteiger charge is 2.30. The first-order chi connectivity index (χ1) is 16.4. The molecule has 1 aromatic heterocycles. The standard InChI is InChI=1S/C27H23ClN2O4/c1-30-18(13-16-12-17(28)10-11-25(16)30)14-24(26(31)32)29-27(33)34-15-23-21-8-4-2-6-19(21)20-7-3-5-9-22(20)23/h2-13,23-24H,14-15H2,1H3,(H,29,33)(H,31,32). The van der Waals surface area contributed by atoms with Gasteiger partial charge in [0.1, 0.15) is 12.6 Å². The van der Waals surface area contributed by atoms with Crippen molar-refractivity contribution >= 4 is 34.6 Å². The van der Waals surface area contributed by atoms with Crippen LogP contribution in [0.4, 0.5) is 4.79 Å². The van der Waals surface area contributed by atoms with Crippen LogP contribution in [0.25, 0.3) is 22.0 Å². The summed E-state index contributed by atoms with van der Waals surface area (Å²) in [5.41, 5.74) is 6.16. The van der Waals surface area contributed by atoms with Gasteiger partial charge in [0.25, 0.3) is 0 Å². The zero-order chi connectivity index (χ0) is 23.8. The Bertz CT molecular complexity index is 1370. The number of carboxylic acids is 1. The number of nitrogens with one attached hydrogen (secondary N) is 1. The van der Waals surface area contributed by atoms with Crippen molar-refractivity contribution in [1.82, 2.24) is 9.88 Å². The van der Waals surface area contributed by atoms with Crippen LogP contribution >= 0.6 is 11.6 Å². The first kappa shape index (κ1) is 22.0. The molecular weight excluding hydrogens is 452 g/mol. The highest BCUT2D eigenvalue weighted by atomic mass is 35.5. The SMILES string of the molecule is Cn1c(CC(NC(=O)OCC2c3ccccc3-c3ccccc32)C(=O)O)cc2cc(Cl)ccc21. The number of aromatic nitrogens is 1. The number of carboxylic acid groups (broad SMARTS) is 1. The number of ether oxygens (including phenoxy) is 1. The van der Waals surface area contributed by atoms with E-state index in [-0.39, 0.29) is 18.9 Å². The number of carbonyl (C=O) groups is 2. The zero-order valence-electron chi connectivity index (χ0n) is 18.5. The molecule has 1 atom stereocenters. The molecule has 34 heavy (non-hydrogen) atoms. The lowest BCUT2D eigenvalue weighted by molar-refractivity contribution is -0.139. The van der Waals surface area contributed by atoms with Crippen molar-refractivity contribution in [3.05, 3.63) is 94.6 Å². The number of carbonyl (C=O) groups excluding carboxylic acids is 1. The molecule has 1 aliphatic carbocycles. The normalized spacial score (nSPS) is 13.4. The van der Waals surface area contributed by atoms with Crippen LogP contribution < -0.4 is 5.32 Å². The molecular formula is C27H23ClN2O4. The number of halogens is 1. The molecule has 1 amide bonds. The van der Waals surface area contributed by atoms with Crippen LogP contribution in [0.2, 0.25) is 5.02 Å². The maximum absolute atomic E-state index is 12.6. The van der Waals surface area contributed by atoms with E-state index in [9.17, 15) is 14.7 Å². The van der Waals surface area contributed by atoms with Gasteiger partial charge in [0.15, 0.2) is 0 Å². The molecule has 0 radical (unpaired) electrons. The molecule has 3 aromatic carbocycles. The predicted octanol–water partition coefficient (Wildman–Crippen LogP) is 5.37. The topological polar surface area (TPSA) is 80.6 Å². The lowest BCUT2D eigenvalue weighted by atomic mass is 9.98. The molecule has 0 aliphatic heterocycles. The maximum Gasteiger partial charge on any atom is 0.407 e. The number of fused-ring (bicyclic) bond motifs is 4. The molecule has 1 aliphatic rings. The number of nitrogens with zero attached hydrogens (tertiary/aromatic N) is 1. The fourth-order valence-corrected chi connectivity index (χ4v) is 4.95. The molecule has 1 heterocycles. The Kier molecular flexibility index (Phi) is 5.75. The maximum atomic E-state index is 12.6. The molecule has 7 heteroatoms. The van der Waals surface area contributed by atoms with E-state index in [1.165, 1.54) is 0 Å². The molecule has 0 fully saturated rings. The number of benzene rings is 3. The van der Waals surface area contributed by atoms with Crippen molar-refractivity contribution in [3.8, 4) is 11.1 Å². The summed E-state index contributed by atoms with van der Waals surface area (Å²) in [4.78, 5) is 24.5. The van der Waals surface area contributed by atoms with Gasteiger partial charge in [-0.15, -0.1) is 0 Å². The molecule has 6 nitrogen and oxygen atoms in total. The number of aliphatic carboxylic acids is 1. The third-order valence-corrected chi connectivity index (χ3v) is 6.69. The van der Waals surface area contributed by atoms with Crippen LogP contribution in [0.1, 0.15) is 22.7 Å². The second-order valence-electron chi connectivity index (χ2n) is 8.46. The highest BCUT2D eigenvalue weighted by molar-refractivity contribution is 6.31. The third-order valence-electron chi connectivity index (χ3n) is 6.45. The van der Waals surface area contributed by atoms with E-state index in [1.54, 1.807) is 6.07 Å². The average Bonchev–Trinajstić information content (AvgIpc) is 3.31. The van der Waals surface area contributed by atoms with E-state index in [1.807, 2.05) is 66.2 Å². The fraction of sp³-hybridized carbons (Fsp3) is 0.185. The van der Waals surface area contributed by atoms with E-state index in [0.29, 0.717) is 5.02 Å². The first-order valence-electron chi connectivity index (χ1n) is 11.0. The van der Waals surface area contributed by atoms with Crippen LogP contribution in [-0.4, -0.2) is 34.4 Å². The van der Waals surface area contributed by atoms with Gasteiger partial charge in [-0.3, -0.25) is 0 Å².